The van der Waals surface area contributed by atoms with Crippen LogP contribution in [0.2, 0.25) is 0 Å². The Morgan fingerprint density at radius 2 is 2.05 bits per heavy atom. The molecule has 0 aromatic carbocycles. The Morgan fingerprint density at radius 1 is 1.32 bits per heavy atom. The van der Waals surface area contributed by atoms with Crippen molar-refractivity contribution >= 4 is 23.2 Å². The molecule has 2 rings (SSSR count). The lowest BCUT2D eigenvalue weighted by atomic mass is 10.0. The van der Waals surface area contributed by atoms with Gasteiger partial charge in [0.25, 0.3) is 5.91 Å². The van der Waals surface area contributed by atoms with Gasteiger partial charge < -0.3 is 19.9 Å². The number of thiophene rings is 1. The summed E-state index contributed by atoms with van der Waals surface area (Å²) in [7, 11) is 0. The predicted octanol–water partition coefficient (Wildman–Crippen LogP) is 2.01. The van der Waals surface area contributed by atoms with Crippen LogP contribution in [0.25, 0.3) is 0 Å². The van der Waals surface area contributed by atoms with Crippen LogP contribution < -0.4 is 5.32 Å². The van der Waals surface area contributed by atoms with Gasteiger partial charge in [-0.05, 0) is 37.3 Å². The van der Waals surface area contributed by atoms with Crippen molar-refractivity contribution in [2.75, 3.05) is 33.0 Å². The first-order chi connectivity index (χ1) is 10.7. The van der Waals surface area contributed by atoms with Crippen molar-refractivity contribution in [3.8, 4) is 0 Å². The number of carboxylic acids is 1. The van der Waals surface area contributed by atoms with Crippen LogP contribution in [0.15, 0.2) is 12.1 Å². The number of amides is 1. The zero-order chi connectivity index (χ0) is 15.8. The lowest BCUT2D eigenvalue weighted by Crippen LogP contribution is -2.25. The third-order valence-electron chi connectivity index (χ3n) is 3.49. The molecule has 7 heteroatoms. The molecule has 1 fully saturated rings. The summed E-state index contributed by atoms with van der Waals surface area (Å²) in [4.78, 5) is 23.2. The second-order valence-corrected chi connectivity index (χ2v) is 6.29. The van der Waals surface area contributed by atoms with E-state index in [2.05, 4.69) is 5.32 Å². The van der Waals surface area contributed by atoms with Gasteiger partial charge in [-0.25, -0.2) is 4.79 Å². The monoisotopic (exact) mass is 327 g/mol. The molecule has 122 valence electrons. The SMILES string of the molecule is O=C(O)c1ccc(C(=O)NCCCOCC2CCOCC2)s1. The van der Waals surface area contributed by atoms with E-state index in [1.165, 1.54) is 12.1 Å². The molecule has 0 radical (unpaired) electrons. The molecule has 22 heavy (non-hydrogen) atoms. The minimum absolute atomic E-state index is 0.171. The first-order valence-corrected chi connectivity index (χ1v) is 8.25. The highest BCUT2D eigenvalue weighted by Gasteiger charge is 2.14. The van der Waals surface area contributed by atoms with Crippen molar-refractivity contribution in [3.63, 3.8) is 0 Å². The van der Waals surface area contributed by atoms with Gasteiger partial charge in [-0.3, -0.25) is 4.79 Å². The molecule has 0 atom stereocenters. The quantitative estimate of drug-likeness (QED) is 0.714. The van der Waals surface area contributed by atoms with Crippen LogP contribution >= 0.6 is 11.3 Å². The molecule has 1 aromatic rings. The Hall–Kier alpha value is -1.44. The van der Waals surface area contributed by atoms with Crippen LogP contribution in [0.5, 0.6) is 0 Å². The van der Waals surface area contributed by atoms with Crippen molar-refractivity contribution in [3.05, 3.63) is 21.9 Å². The van der Waals surface area contributed by atoms with E-state index in [1.807, 2.05) is 0 Å². The molecule has 0 spiro atoms. The van der Waals surface area contributed by atoms with Gasteiger partial charge >= 0.3 is 5.97 Å². The average Bonchev–Trinajstić information content (AvgIpc) is 3.02. The Kier molecular flexibility index (Phi) is 6.82. The maximum atomic E-state index is 11.8. The van der Waals surface area contributed by atoms with Crippen molar-refractivity contribution in [1.29, 1.82) is 0 Å². The molecule has 2 N–H and O–H groups in total. The smallest absolute Gasteiger partial charge is 0.345 e. The molecule has 1 amide bonds. The van der Waals surface area contributed by atoms with Gasteiger partial charge in [-0.1, -0.05) is 0 Å². The molecular formula is C15H21NO5S. The van der Waals surface area contributed by atoms with Gasteiger partial charge in [0, 0.05) is 33.0 Å². The number of hydrogen-bond donors (Lipinski definition) is 2. The van der Waals surface area contributed by atoms with Gasteiger partial charge in [-0.15, -0.1) is 11.3 Å². The Morgan fingerprint density at radius 3 is 2.73 bits per heavy atom. The molecule has 0 saturated carbocycles. The van der Waals surface area contributed by atoms with E-state index in [9.17, 15) is 9.59 Å². The van der Waals surface area contributed by atoms with Gasteiger partial charge in [0.2, 0.25) is 0 Å². The number of carbonyl (C=O) groups is 2. The van der Waals surface area contributed by atoms with Crippen molar-refractivity contribution in [2.24, 2.45) is 5.92 Å². The van der Waals surface area contributed by atoms with E-state index in [0.717, 1.165) is 50.4 Å². The first kappa shape index (κ1) is 16.9. The van der Waals surface area contributed by atoms with Crippen molar-refractivity contribution in [2.45, 2.75) is 19.3 Å². The number of carboxylic acid groups (broad SMARTS) is 1. The third-order valence-corrected chi connectivity index (χ3v) is 4.56. The van der Waals surface area contributed by atoms with E-state index in [4.69, 9.17) is 14.6 Å². The normalized spacial score (nSPS) is 15.6. The molecule has 0 unspecified atom stereocenters. The molecule has 0 aliphatic carbocycles. The van der Waals surface area contributed by atoms with E-state index in [-0.39, 0.29) is 10.8 Å². The second kappa shape index (κ2) is 8.87. The summed E-state index contributed by atoms with van der Waals surface area (Å²) >= 11 is 0.981. The van der Waals surface area contributed by atoms with Crippen LogP contribution in [0.4, 0.5) is 0 Å². The molecule has 1 aromatic heterocycles. The molecular weight excluding hydrogens is 306 g/mol. The summed E-state index contributed by atoms with van der Waals surface area (Å²) in [6, 6.07) is 2.98. The van der Waals surface area contributed by atoms with Crippen LogP contribution in [-0.2, 0) is 9.47 Å². The van der Waals surface area contributed by atoms with Crippen LogP contribution in [0.1, 0.15) is 38.6 Å². The Balaban J connectivity index is 1.55. The number of nitrogens with one attached hydrogen (secondary N) is 1. The fraction of sp³-hybridized carbons (Fsp3) is 0.600. The minimum Gasteiger partial charge on any atom is -0.477 e. The fourth-order valence-electron chi connectivity index (χ4n) is 2.20. The lowest BCUT2D eigenvalue weighted by Gasteiger charge is -2.21. The summed E-state index contributed by atoms with van der Waals surface area (Å²) < 4.78 is 10.9. The maximum absolute atomic E-state index is 11.8. The number of rotatable bonds is 8. The Labute approximate surface area is 133 Å². The molecule has 6 nitrogen and oxygen atoms in total. The summed E-state index contributed by atoms with van der Waals surface area (Å²) in [5.41, 5.74) is 0. The standard InChI is InChI=1S/C15H21NO5S/c17-14(12-2-3-13(22-12)15(18)19)16-6-1-7-21-10-11-4-8-20-9-5-11/h2-3,11H,1,4-10H2,(H,16,17)(H,18,19). The maximum Gasteiger partial charge on any atom is 0.345 e. The predicted molar refractivity (Wildman–Crippen MR) is 82.6 cm³/mol. The number of carbonyl (C=O) groups excluding carboxylic acids is 1. The van der Waals surface area contributed by atoms with Crippen LogP contribution in [0, 0.1) is 5.92 Å². The van der Waals surface area contributed by atoms with Crippen molar-refractivity contribution in [1.82, 2.24) is 5.32 Å². The van der Waals surface area contributed by atoms with Gasteiger partial charge in [0.05, 0.1) is 4.88 Å². The summed E-state index contributed by atoms with van der Waals surface area (Å²) in [6.45, 7) is 3.53. The highest BCUT2D eigenvalue weighted by Crippen LogP contribution is 2.16. The highest BCUT2D eigenvalue weighted by molar-refractivity contribution is 7.15. The number of ether oxygens (including phenoxy) is 2. The van der Waals surface area contributed by atoms with Crippen molar-refractivity contribution < 1.29 is 24.2 Å². The minimum atomic E-state index is -1.01. The van der Waals surface area contributed by atoms with E-state index < -0.39 is 5.97 Å². The first-order valence-electron chi connectivity index (χ1n) is 7.43. The molecule has 1 saturated heterocycles. The van der Waals surface area contributed by atoms with E-state index in [0.29, 0.717) is 23.9 Å². The van der Waals surface area contributed by atoms with Gasteiger partial charge in [0.15, 0.2) is 0 Å². The van der Waals surface area contributed by atoms with Crippen LogP contribution in [0.3, 0.4) is 0 Å². The third kappa shape index (κ3) is 5.40. The summed E-state index contributed by atoms with van der Waals surface area (Å²) in [6.07, 6.45) is 2.86. The van der Waals surface area contributed by atoms with E-state index >= 15 is 0 Å². The largest absolute Gasteiger partial charge is 0.477 e. The molecule has 0 bridgehead atoms. The zero-order valence-electron chi connectivity index (χ0n) is 12.4. The number of hydrogen-bond acceptors (Lipinski definition) is 5. The van der Waals surface area contributed by atoms with E-state index in [1.54, 1.807) is 0 Å². The molecule has 1 aliphatic heterocycles. The highest BCUT2D eigenvalue weighted by atomic mass is 32.1. The lowest BCUT2D eigenvalue weighted by molar-refractivity contribution is 0.0202. The molecule has 1 aliphatic rings. The topological polar surface area (TPSA) is 84.9 Å². The van der Waals surface area contributed by atoms with Gasteiger partial charge in [-0.2, -0.15) is 0 Å². The van der Waals surface area contributed by atoms with Gasteiger partial charge in [0.1, 0.15) is 4.88 Å². The average molecular weight is 327 g/mol. The Bertz CT molecular complexity index is 496. The summed E-state index contributed by atoms with van der Waals surface area (Å²) in [5.74, 6) is -0.656. The zero-order valence-corrected chi connectivity index (χ0v) is 13.2. The summed E-state index contributed by atoms with van der Waals surface area (Å²) in [5, 5.41) is 11.6. The number of aromatic carboxylic acids is 1. The molecule has 2 heterocycles. The van der Waals surface area contributed by atoms with Crippen LogP contribution in [-0.4, -0.2) is 50.0 Å². The second-order valence-electron chi connectivity index (χ2n) is 5.21. The fourth-order valence-corrected chi connectivity index (χ4v) is 2.96.